The van der Waals surface area contributed by atoms with Gasteiger partial charge in [-0.1, -0.05) is 27.2 Å². The maximum Gasteiger partial charge on any atom is 0.193 e. The largest absolute Gasteiger partial charge is 0.418 e. The summed E-state index contributed by atoms with van der Waals surface area (Å²) in [6.07, 6.45) is 4.34. The van der Waals surface area contributed by atoms with Crippen LogP contribution in [0.15, 0.2) is 0 Å². The van der Waals surface area contributed by atoms with Crippen LogP contribution in [0.4, 0.5) is 0 Å². The molecule has 1 aliphatic rings. The fraction of sp³-hybridized carbons (Fsp3) is 1.00. The minimum absolute atomic E-state index is 0.480. The van der Waals surface area contributed by atoms with Gasteiger partial charge in [-0.05, 0) is 38.9 Å². The molecule has 17 heavy (non-hydrogen) atoms. The van der Waals surface area contributed by atoms with Crippen molar-refractivity contribution in [1.29, 1.82) is 0 Å². The standard InChI is InChI=1S/C13H30N2OSi/c1-5-13(17-11-9-8-10-16-17)14-12(4)15(6-2)7-3/h12-14,17H,5-11H2,1-4H3. The fourth-order valence-corrected chi connectivity index (χ4v) is 5.74. The molecule has 1 rings (SSSR count). The summed E-state index contributed by atoms with van der Waals surface area (Å²) in [5.74, 6) is 0. The van der Waals surface area contributed by atoms with Crippen molar-refractivity contribution in [2.45, 2.75) is 64.8 Å². The molecule has 0 aromatic carbocycles. The Morgan fingerprint density at radius 2 is 1.94 bits per heavy atom. The Kier molecular flexibility index (Phi) is 7.35. The van der Waals surface area contributed by atoms with Gasteiger partial charge in [0.2, 0.25) is 0 Å². The first-order valence-corrected chi connectivity index (χ1v) is 9.30. The molecule has 0 radical (unpaired) electrons. The van der Waals surface area contributed by atoms with E-state index in [-0.39, 0.29) is 0 Å². The summed E-state index contributed by atoms with van der Waals surface area (Å²) in [5, 5.41) is 3.80. The van der Waals surface area contributed by atoms with Crippen LogP contribution >= 0.6 is 0 Å². The van der Waals surface area contributed by atoms with E-state index in [4.69, 9.17) is 4.43 Å². The summed E-state index contributed by atoms with van der Waals surface area (Å²) in [6.45, 7) is 12.3. The Bertz CT molecular complexity index is 194. The monoisotopic (exact) mass is 258 g/mol. The van der Waals surface area contributed by atoms with Crippen LogP contribution in [-0.2, 0) is 4.43 Å². The van der Waals surface area contributed by atoms with Crippen LogP contribution in [0.2, 0.25) is 6.04 Å². The maximum atomic E-state index is 6.04. The van der Waals surface area contributed by atoms with Gasteiger partial charge < -0.3 is 4.43 Å². The van der Waals surface area contributed by atoms with Gasteiger partial charge in [-0.3, -0.25) is 10.2 Å². The van der Waals surface area contributed by atoms with E-state index < -0.39 is 9.04 Å². The lowest BCUT2D eigenvalue weighted by molar-refractivity contribution is 0.183. The number of hydrogen-bond acceptors (Lipinski definition) is 3. The van der Waals surface area contributed by atoms with Crippen molar-refractivity contribution in [3.63, 3.8) is 0 Å². The van der Waals surface area contributed by atoms with E-state index in [1.54, 1.807) is 0 Å². The van der Waals surface area contributed by atoms with E-state index in [0.717, 1.165) is 19.7 Å². The molecule has 0 aromatic rings. The van der Waals surface area contributed by atoms with E-state index in [2.05, 4.69) is 37.9 Å². The number of nitrogens with zero attached hydrogens (tertiary/aromatic N) is 1. The van der Waals surface area contributed by atoms with E-state index in [1.165, 1.54) is 25.3 Å². The summed E-state index contributed by atoms with van der Waals surface area (Å²) in [5.41, 5.74) is 0.644. The lowest BCUT2D eigenvalue weighted by Crippen LogP contribution is -2.54. The molecule has 1 saturated heterocycles. The van der Waals surface area contributed by atoms with Gasteiger partial charge >= 0.3 is 0 Å². The van der Waals surface area contributed by atoms with E-state index in [9.17, 15) is 0 Å². The average molecular weight is 258 g/mol. The Morgan fingerprint density at radius 3 is 2.41 bits per heavy atom. The average Bonchev–Trinajstić information content (AvgIpc) is 2.38. The van der Waals surface area contributed by atoms with E-state index in [0.29, 0.717) is 11.8 Å². The highest BCUT2D eigenvalue weighted by molar-refractivity contribution is 6.53. The second-order valence-corrected chi connectivity index (χ2v) is 7.78. The minimum atomic E-state index is -0.998. The van der Waals surface area contributed by atoms with Crippen LogP contribution in [0.3, 0.4) is 0 Å². The van der Waals surface area contributed by atoms with Gasteiger partial charge in [-0.25, -0.2) is 0 Å². The van der Waals surface area contributed by atoms with Crippen LogP contribution in [0, 0.1) is 0 Å². The highest BCUT2D eigenvalue weighted by Gasteiger charge is 2.27. The Hall–Kier alpha value is 0.0969. The molecule has 102 valence electrons. The highest BCUT2D eigenvalue weighted by atomic mass is 28.3. The van der Waals surface area contributed by atoms with Crippen LogP contribution in [-0.4, -0.2) is 45.5 Å². The zero-order chi connectivity index (χ0) is 12.7. The predicted octanol–water partition coefficient (Wildman–Crippen LogP) is 2.12. The zero-order valence-corrected chi connectivity index (χ0v) is 13.2. The summed E-state index contributed by atoms with van der Waals surface area (Å²) >= 11 is 0. The van der Waals surface area contributed by atoms with Crippen LogP contribution in [0.5, 0.6) is 0 Å². The van der Waals surface area contributed by atoms with Crippen LogP contribution in [0.25, 0.3) is 0 Å². The number of nitrogens with one attached hydrogen (secondary N) is 1. The van der Waals surface area contributed by atoms with Gasteiger partial charge in [0, 0.05) is 12.3 Å². The van der Waals surface area contributed by atoms with E-state index in [1.807, 2.05) is 0 Å². The molecule has 1 heterocycles. The van der Waals surface area contributed by atoms with Crippen molar-refractivity contribution >= 4 is 9.04 Å². The topological polar surface area (TPSA) is 24.5 Å². The van der Waals surface area contributed by atoms with Crippen molar-refractivity contribution in [1.82, 2.24) is 10.2 Å². The number of hydrogen-bond donors (Lipinski definition) is 1. The predicted molar refractivity (Wildman–Crippen MR) is 76.7 cm³/mol. The highest BCUT2D eigenvalue weighted by Crippen LogP contribution is 2.16. The molecule has 4 heteroatoms. The maximum absolute atomic E-state index is 6.04. The lowest BCUT2D eigenvalue weighted by atomic mass is 10.3. The summed E-state index contributed by atoms with van der Waals surface area (Å²) in [6, 6.07) is 1.36. The molecular weight excluding hydrogens is 228 g/mol. The quantitative estimate of drug-likeness (QED) is 0.559. The minimum Gasteiger partial charge on any atom is -0.418 e. The molecule has 3 atom stereocenters. The molecule has 0 aliphatic carbocycles. The summed E-state index contributed by atoms with van der Waals surface area (Å²) in [4.78, 5) is 2.47. The Morgan fingerprint density at radius 1 is 1.24 bits per heavy atom. The van der Waals surface area contributed by atoms with Crippen molar-refractivity contribution in [3.05, 3.63) is 0 Å². The smallest absolute Gasteiger partial charge is 0.193 e. The molecular formula is C13H30N2OSi. The normalized spacial score (nSPS) is 24.9. The van der Waals surface area contributed by atoms with Crippen molar-refractivity contribution in [2.75, 3.05) is 19.7 Å². The van der Waals surface area contributed by atoms with Crippen LogP contribution < -0.4 is 5.32 Å². The third-order valence-electron chi connectivity index (χ3n) is 3.92. The second kappa shape index (κ2) is 8.24. The van der Waals surface area contributed by atoms with E-state index >= 15 is 0 Å². The van der Waals surface area contributed by atoms with Crippen molar-refractivity contribution in [2.24, 2.45) is 0 Å². The van der Waals surface area contributed by atoms with Gasteiger partial charge in [-0.2, -0.15) is 0 Å². The molecule has 0 amide bonds. The fourth-order valence-electron chi connectivity index (χ4n) is 2.76. The Balaban J connectivity index is 2.44. The zero-order valence-electron chi connectivity index (χ0n) is 12.0. The van der Waals surface area contributed by atoms with Gasteiger partial charge in [-0.15, -0.1) is 0 Å². The molecule has 1 aliphatic heterocycles. The van der Waals surface area contributed by atoms with Gasteiger partial charge in [0.1, 0.15) is 0 Å². The second-order valence-electron chi connectivity index (χ2n) is 4.98. The Labute approximate surface area is 109 Å². The van der Waals surface area contributed by atoms with Crippen LogP contribution in [0.1, 0.15) is 47.0 Å². The molecule has 3 unspecified atom stereocenters. The summed E-state index contributed by atoms with van der Waals surface area (Å²) in [7, 11) is -0.998. The molecule has 3 nitrogen and oxygen atoms in total. The number of rotatable bonds is 7. The molecule has 0 spiro atoms. The summed E-state index contributed by atoms with van der Waals surface area (Å²) < 4.78 is 6.04. The van der Waals surface area contributed by atoms with Crippen molar-refractivity contribution < 1.29 is 4.43 Å². The molecule has 1 N–H and O–H groups in total. The first-order valence-electron chi connectivity index (χ1n) is 7.34. The molecule has 0 saturated carbocycles. The van der Waals surface area contributed by atoms with Gasteiger partial charge in [0.05, 0.1) is 6.17 Å². The van der Waals surface area contributed by atoms with Gasteiger partial charge in [0.25, 0.3) is 0 Å². The third-order valence-corrected chi connectivity index (χ3v) is 7.12. The molecule has 0 bridgehead atoms. The molecule has 0 aromatic heterocycles. The third kappa shape index (κ3) is 4.70. The lowest BCUT2D eigenvalue weighted by Gasteiger charge is -2.35. The first kappa shape index (κ1) is 15.2. The van der Waals surface area contributed by atoms with Crippen molar-refractivity contribution in [3.8, 4) is 0 Å². The first-order chi connectivity index (χ1) is 8.22. The van der Waals surface area contributed by atoms with Gasteiger partial charge in [0.15, 0.2) is 9.04 Å². The molecule has 1 fully saturated rings. The SMILES string of the molecule is CCC(NC(C)N(CC)CC)[SiH]1CCCCO1.